The lowest BCUT2D eigenvalue weighted by Gasteiger charge is -2.06. The Kier molecular flexibility index (Phi) is 3.29. The van der Waals surface area contributed by atoms with Crippen LogP contribution in [0.25, 0.3) is 10.8 Å². The van der Waals surface area contributed by atoms with Gasteiger partial charge in [0.15, 0.2) is 0 Å². The maximum absolute atomic E-state index is 11.4. The Bertz CT molecular complexity index is 613. The van der Waals surface area contributed by atoms with Gasteiger partial charge in [-0.05, 0) is 23.6 Å². The van der Waals surface area contributed by atoms with Crippen molar-refractivity contribution in [2.45, 2.75) is 0 Å². The average molecular weight is 348 g/mol. The van der Waals surface area contributed by atoms with Crippen LogP contribution >= 0.6 is 22.6 Å². The highest BCUT2D eigenvalue weighted by Gasteiger charge is 2.07. The lowest BCUT2D eigenvalue weighted by molar-refractivity contribution is 0.606. The van der Waals surface area contributed by atoms with E-state index < -0.39 is 10.0 Å². The monoisotopic (exact) mass is 348 g/mol. The van der Waals surface area contributed by atoms with Crippen LogP contribution in [0.4, 0.5) is 5.69 Å². The molecule has 0 spiro atoms. The molecule has 1 aromatic carbocycles. The van der Waals surface area contributed by atoms with Gasteiger partial charge >= 0.3 is 0 Å². The van der Waals surface area contributed by atoms with Gasteiger partial charge in [0.25, 0.3) is 0 Å². The van der Waals surface area contributed by atoms with Gasteiger partial charge in [-0.15, -0.1) is 0 Å². The molecule has 0 fully saturated rings. The van der Waals surface area contributed by atoms with E-state index in [0.29, 0.717) is 5.69 Å². The largest absolute Gasteiger partial charge is 0.283 e. The van der Waals surface area contributed by atoms with E-state index in [1.54, 1.807) is 24.5 Å². The van der Waals surface area contributed by atoms with Crippen LogP contribution in [0, 0.1) is 0 Å². The zero-order valence-electron chi connectivity index (χ0n) is 8.22. The first-order valence-corrected chi connectivity index (χ1v) is 7.69. The fourth-order valence-corrected chi connectivity index (χ4v) is 2.36. The second-order valence-corrected chi connectivity index (χ2v) is 6.78. The van der Waals surface area contributed by atoms with Gasteiger partial charge in [0.05, 0.1) is 0 Å². The van der Waals surface area contributed by atoms with Crippen molar-refractivity contribution >= 4 is 49.1 Å². The smallest absolute Gasteiger partial charge is 0.242 e. The number of hydrogen-bond donors (Lipinski definition) is 1. The third kappa shape index (κ3) is 2.62. The Morgan fingerprint density at radius 3 is 2.81 bits per heavy atom. The number of nitrogens with one attached hydrogen (secondary N) is 1. The number of sulfonamides is 1. The van der Waals surface area contributed by atoms with Gasteiger partial charge in [-0.2, -0.15) is 0 Å². The molecule has 0 bridgehead atoms. The van der Waals surface area contributed by atoms with E-state index in [1.807, 2.05) is 34.7 Å². The first-order valence-electron chi connectivity index (χ1n) is 4.51. The molecule has 0 saturated heterocycles. The minimum absolute atomic E-state index is 0.0408. The van der Waals surface area contributed by atoms with E-state index in [-0.39, 0.29) is 3.76 Å². The van der Waals surface area contributed by atoms with Crippen LogP contribution in [0.5, 0.6) is 0 Å². The summed E-state index contributed by atoms with van der Waals surface area (Å²) in [6.07, 6.45) is 3.42. The summed E-state index contributed by atoms with van der Waals surface area (Å²) < 4.78 is 25.3. The van der Waals surface area contributed by atoms with Crippen LogP contribution in [-0.4, -0.2) is 17.2 Å². The van der Waals surface area contributed by atoms with Gasteiger partial charge in [-0.3, -0.25) is 9.71 Å². The number of fused-ring (bicyclic) bond motifs is 1. The zero-order chi connectivity index (χ0) is 11.6. The van der Waals surface area contributed by atoms with Gasteiger partial charge in [-0.25, -0.2) is 8.42 Å². The molecule has 0 aliphatic rings. The molecular weight excluding hydrogens is 339 g/mol. The van der Waals surface area contributed by atoms with Crippen LogP contribution in [0.3, 0.4) is 0 Å². The van der Waals surface area contributed by atoms with Gasteiger partial charge in [0, 0.05) is 23.5 Å². The summed E-state index contributed by atoms with van der Waals surface area (Å²) in [4.78, 5) is 3.99. The molecule has 0 unspecified atom stereocenters. The number of rotatable bonds is 3. The molecule has 1 heterocycles. The summed E-state index contributed by atoms with van der Waals surface area (Å²) in [7, 11) is -3.22. The molecule has 6 heteroatoms. The van der Waals surface area contributed by atoms with Crippen molar-refractivity contribution in [3.63, 3.8) is 0 Å². The highest BCUT2D eigenvalue weighted by atomic mass is 127. The van der Waals surface area contributed by atoms with E-state index in [1.165, 1.54) is 0 Å². The van der Waals surface area contributed by atoms with Crippen molar-refractivity contribution in [2.24, 2.45) is 0 Å². The number of halogens is 1. The number of hydrogen-bond acceptors (Lipinski definition) is 3. The van der Waals surface area contributed by atoms with Crippen molar-refractivity contribution < 1.29 is 8.42 Å². The van der Waals surface area contributed by atoms with Crippen LogP contribution in [0.1, 0.15) is 0 Å². The van der Waals surface area contributed by atoms with Crippen LogP contribution in [0.15, 0.2) is 36.7 Å². The van der Waals surface area contributed by atoms with Crippen molar-refractivity contribution in [1.82, 2.24) is 4.98 Å². The lowest BCUT2D eigenvalue weighted by atomic mass is 10.2. The summed E-state index contributed by atoms with van der Waals surface area (Å²) >= 11 is 1.81. The topological polar surface area (TPSA) is 59.1 Å². The normalized spacial score (nSPS) is 11.6. The molecule has 2 aromatic rings. The summed E-state index contributed by atoms with van der Waals surface area (Å²) in [6.45, 7) is 0. The molecule has 84 valence electrons. The molecule has 0 radical (unpaired) electrons. The van der Waals surface area contributed by atoms with Crippen molar-refractivity contribution in [2.75, 3.05) is 8.48 Å². The first-order chi connectivity index (χ1) is 7.61. The van der Waals surface area contributed by atoms with Gasteiger partial charge in [-0.1, -0.05) is 28.7 Å². The number of anilines is 1. The average Bonchev–Trinajstić information content (AvgIpc) is 2.28. The van der Waals surface area contributed by atoms with E-state index in [9.17, 15) is 8.42 Å². The van der Waals surface area contributed by atoms with E-state index in [0.717, 1.165) is 10.8 Å². The van der Waals surface area contributed by atoms with Crippen LogP contribution < -0.4 is 4.72 Å². The molecule has 0 amide bonds. The van der Waals surface area contributed by atoms with Crippen molar-refractivity contribution in [3.05, 3.63) is 36.7 Å². The number of nitrogens with zero attached hydrogens (tertiary/aromatic N) is 1. The molecule has 2 rings (SSSR count). The predicted molar refractivity (Wildman–Crippen MR) is 73.2 cm³/mol. The Balaban J connectivity index is 2.40. The third-order valence-electron chi connectivity index (χ3n) is 2.06. The third-order valence-corrected chi connectivity index (χ3v) is 5.35. The van der Waals surface area contributed by atoms with E-state index >= 15 is 0 Å². The highest BCUT2D eigenvalue weighted by Crippen LogP contribution is 2.19. The van der Waals surface area contributed by atoms with Crippen molar-refractivity contribution in [3.8, 4) is 0 Å². The molecule has 0 saturated carbocycles. The van der Waals surface area contributed by atoms with E-state index in [2.05, 4.69) is 9.71 Å². The standard InChI is InChI=1S/C10H9IN2O2S/c11-7-16(14,15)13-10-2-1-9-6-12-4-3-8(9)5-10/h1-6,13H,7H2. The second-order valence-electron chi connectivity index (χ2n) is 3.26. The predicted octanol–water partition coefficient (Wildman–Crippen LogP) is 2.37. The molecule has 0 aliphatic heterocycles. The second kappa shape index (κ2) is 4.54. The highest BCUT2D eigenvalue weighted by molar-refractivity contribution is 14.1. The summed E-state index contributed by atoms with van der Waals surface area (Å²) in [5.41, 5.74) is 0.579. The molecule has 0 aliphatic carbocycles. The molecule has 4 nitrogen and oxygen atoms in total. The van der Waals surface area contributed by atoms with Gasteiger partial charge in [0.2, 0.25) is 10.0 Å². The Hall–Kier alpha value is -0.890. The quantitative estimate of drug-likeness (QED) is 0.684. The lowest BCUT2D eigenvalue weighted by Crippen LogP contribution is -2.12. The number of alkyl halides is 1. The minimum atomic E-state index is -3.22. The summed E-state index contributed by atoms with van der Waals surface area (Å²) in [5, 5.41) is 1.95. The molecular formula is C10H9IN2O2S. The summed E-state index contributed by atoms with van der Waals surface area (Å²) in [5.74, 6) is 0. The number of benzene rings is 1. The van der Waals surface area contributed by atoms with Gasteiger partial charge in [0.1, 0.15) is 3.76 Å². The Morgan fingerprint density at radius 1 is 1.25 bits per heavy atom. The first kappa shape index (κ1) is 11.6. The molecule has 16 heavy (non-hydrogen) atoms. The van der Waals surface area contributed by atoms with Crippen LogP contribution in [0.2, 0.25) is 0 Å². The Morgan fingerprint density at radius 2 is 2.06 bits per heavy atom. The van der Waals surface area contributed by atoms with E-state index in [4.69, 9.17) is 0 Å². The van der Waals surface area contributed by atoms with Crippen LogP contribution in [-0.2, 0) is 10.0 Å². The molecule has 1 aromatic heterocycles. The van der Waals surface area contributed by atoms with Gasteiger partial charge < -0.3 is 0 Å². The molecule has 0 atom stereocenters. The fraction of sp³-hybridized carbons (Fsp3) is 0.100. The Labute approximate surface area is 107 Å². The number of pyridine rings is 1. The maximum atomic E-state index is 11.4. The number of aromatic nitrogens is 1. The maximum Gasteiger partial charge on any atom is 0.242 e. The zero-order valence-corrected chi connectivity index (χ0v) is 11.2. The summed E-state index contributed by atoms with van der Waals surface area (Å²) in [6, 6.07) is 7.21. The minimum Gasteiger partial charge on any atom is -0.283 e. The fourth-order valence-electron chi connectivity index (χ4n) is 1.35. The molecule has 1 N–H and O–H groups in total. The van der Waals surface area contributed by atoms with Crippen molar-refractivity contribution in [1.29, 1.82) is 0 Å². The SMILES string of the molecule is O=S(=O)(CI)Nc1ccc2cnccc2c1.